The summed E-state index contributed by atoms with van der Waals surface area (Å²) < 4.78 is 0. The molecule has 3 amide bonds. The lowest BCUT2D eigenvalue weighted by atomic mass is 10.2. The predicted molar refractivity (Wildman–Crippen MR) is 83.3 cm³/mol. The average Bonchev–Trinajstić information content (AvgIpc) is 3.33. The fourth-order valence-electron chi connectivity index (χ4n) is 2.33. The molecule has 0 spiro atoms. The van der Waals surface area contributed by atoms with Crippen molar-refractivity contribution in [2.75, 3.05) is 23.8 Å². The molecule has 1 aliphatic heterocycles. The van der Waals surface area contributed by atoms with E-state index in [1.807, 2.05) is 0 Å². The van der Waals surface area contributed by atoms with Crippen LogP contribution in [-0.4, -0.2) is 40.9 Å². The molecule has 1 saturated carbocycles. The molecule has 1 aromatic carbocycles. The highest BCUT2D eigenvalue weighted by Crippen LogP contribution is 2.30. The molecule has 0 atom stereocenters. The number of amides is 3. The molecule has 0 saturated heterocycles. The van der Waals surface area contributed by atoms with Crippen molar-refractivity contribution >= 4 is 29.1 Å². The number of carbonyl (C=O) groups excluding carboxylic acids is 3. The lowest BCUT2D eigenvalue weighted by molar-refractivity contribution is -0.137. The van der Waals surface area contributed by atoms with Crippen LogP contribution < -0.4 is 10.6 Å². The molecule has 7 nitrogen and oxygen atoms in total. The third kappa shape index (κ3) is 3.40. The van der Waals surface area contributed by atoms with Gasteiger partial charge in [-0.25, -0.2) is 0 Å². The summed E-state index contributed by atoms with van der Waals surface area (Å²) in [6.07, 6.45) is 3.05. The minimum absolute atomic E-state index is 0.00241. The molecule has 0 aromatic heterocycles. The molecule has 0 bridgehead atoms. The van der Waals surface area contributed by atoms with Gasteiger partial charge in [-0.3, -0.25) is 19.3 Å². The van der Waals surface area contributed by atoms with Crippen molar-refractivity contribution in [2.45, 2.75) is 12.8 Å². The van der Waals surface area contributed by atoms with Crippen molar-refractivity contribution in [1.29, 1.82) is 0 Å². The third-order valence-electron chi connectivity index (χ3n) is 3.69. The summed E-state index contributed by atoms with van der Waals surface area (Å²) in [5, 5.41) is 14.6. The van der Waals surface area contributed by atoms with Crippen LogP contribution in [0.2, 0.25) is 0 Å². The Kier molecular flexibility index (Phi) is 4.12. The molecule has 3 rings (SSSR count). The highest BCUT2D eigenvalue weighted by molar-refractivity contribution is 6.17. The largest absolute Gasteiger partial charge is 0.395 e. The molecule has 3 N–H and O–H groups in total. The second kappa shape index (κ2) is 6.21. The quantitative estimate of drug-likeness (QED) is 0.671. The zero-order valence-electron chi connectivity index (χ0n) is 12.4. The van der Waals surface area contributed by atoms with Crippen LogP contribution in [0.5, 0.6) is 0 Å². The Morgan fingerprint density at radius 3 is 2.70 bits per heavy atom. The Morgan fingerprint density at radius 2 is 2.00 bits per heavy atom. The number of anilines is 2. The number of aliphatic hydroxyl groups is 1. The average molecular weight is 315 g/mol. The first-order valence-corrected chi connectivity index (χ1v) is 7.45. The molecule has 1 fully saturated rings. The van der Waals surface area contributed by atoms with E-state index in [1.54, 1.807) is 24.3 Å². The maximum Gasteiger partial charge on any atom is 0.277 e. The molecule has 7 heteroatoms. The van der Waals surface area contributed by atoms with Gasteiger partial charge in [0.2, 0.25) is 5.91 Å². The second-order valence-electron chi connectivity index (χ2n) is 5.55. The maximum absolute atomic E-state index is 12.1. The Labute approximate surface area is 133 Å². The first kappa shape index (κ1) is 15.2. The van der Waals surface area contributed by atoms with Gasteiger partial charge >= 0.3 is 0 Å². The fourth-order valence-corrected chi connectivity index (χ4v) is 2.33. The number of carbonyl (C=O) groups is 3. The first-order valence-electron chi connectivity index (χ1n) is 7.45. The summed E-state index contributed by atoms with van der Waals surface area (Å²) in [6.45, 7) is -0.307. The number of hydrogen-bond donors (Lipinski definition) is 3. The van der Waals surface area contributed by atoms with E-state index in [4.69, 9.17) is 5.11 Å². The Bertz CT molecular complexity index is 694. The summed E-state index contributed by atoms with van der Waals surface area (Å²) >= 11 is 0. The van der Waals surface area contributed by atoms with Gasteiger partial charge < -0.3 is 15.7 Å². The van der Waals surface area contributed by atoms with Gasteiger partial charge in [-0.1, -0.05) is 6.07 Å². The van der Waals surface area contributed by atoms with Crippen LogP contribution in [0.25, 0.3) is 0 Å². The maximum atomic E-state index is 12.1. The van der Waals surface area contributed by atoms with Crippen molar-refractivity contribution in [3.63, 3.8) is 0 Å². The summed E-state index contributed by atoms with van der Waals surface area (Å²) in [5.41, 5.74) is 1.38. The number of hydrogen-bond acceptors (Lipinski definition) is 5. The van der Waals surface area contributed by atoms with Gasteiger partial charge in [-0.05, 0) is 31.0 Å². The number of aliphatic hydroxyl groups excluding tert-OH is 1. The Hall–Kier alpha value is -2.67. The summed E-state index contributed by atoms with van der Waals surface area (Å²) in [4.78, 5) is 36.5. The van der Waals surface area contributed by atoms with Gasteiger partial charge in [-0.15, -0.1) is 0 Å². The van der Waals surface area contributed by atoms with Crippen molar-refractivity contribution in [1.82, 2.24) is 4.90 Å². The molecule has 120 valence electrons. The Balaban J connectivity index is 1.68. The van der Waals surface area contributed by atoms with Crippen LogP contribution in [0, 0.1) is 5.92 Å². The van der Waals surface area contributed by atoms with Crippen LogP contribution >= 0.6 is 0 Å². The molecule has 0 radical (unpaired) electrons. The fraction of sp³-hybridized carbons (Fsp3) is 0.312. The molecule has 2 aliphatic rings. The molecule has 0 unspecified atom stereocenters. The minimum Gasteiger partial charge on any atom is -0.395 e. The minimum atomic E-state index is -0.475. The van der Waals surface area contributed by atoms with E-state index in [0.29, 0.717) is 11.4 Å². The highest BCUT2D eigenvalue weighted by atomic mass is 16.3. The van der Waals surface area contributed by atoms with Crippen molar-refractivity contribution in [3.8, 4) is 0 Å². The van der Waals surface area contributed by atoms with Crippen molar-refractivity contribution in [2.24, 2.45) is 5.92 Å². The topological polar surface area (TPSA) is 98.7 Å². The number of β-amino-alcohol motifs (C(OH)–C–C–N with tert-alkyl or cyclic N) is 1. The SMILES string of the molecule is O=C(Nc1cccc(NC2=CC(=O)N(CCO)C2=O)c1)C1CC1. The Morgan fingerprint density at radius 1 is 1.26 bits per heavy atom. The van der Waals surface area contributed by atoms with Gasteiger partial charge in [0.15, 0.2) is 0 Å². The summed E-state index contributed by atoms with van der Waals surface area (Å²) in [7, 11) is 0. The monoisotopic (exact) mass is 315 g/mol. The van der Waals surface area contributed by atoms with E-state index in [0.717, 1.165) is 17.7 Å². The number of rotatable bonds is 6. The van der Waals surface area contributed by atoms with E-state index in [2.05, 4.69) is 10.6 Å². The van der Waals surface area contributed by atoms with E-state index in [1.165, 1.54) is 6.08 Å². The van der Waals surface area contributed by atoms with E-state index in [-0.39, 0.29) is 30.7 Å². The number of benzene rings is 1. The van der Waals surface area contributed by atoms with Gasteiger partial charge in [0, 0.05) is 23.4 Å². The van der Waals surface area contributed by atoms with Crippen LogP contribution in [0.4, 0.5) is 11.4 Å². The smallest absolute Gasteiger partial charge is 0.277 e. The zero-order chi connectivity index (χ0) is 16.4. The summed E-state index contributed by atoms with van der Waals surface area (Å²) in [6, 6.07) is 6.95. The third-order valence-corrected chi connectivity index (χ3v) is 3.69. The van der Waals surface area contributed by atoms with E-state index >= 15 is 0 Å². The molecule has 1 aromatic rings. The van der Waals surface area contributed by atoms with Crippen LogP contribution in [0.3, 0.4) is 0 Å². The lowest BCUT2D eigenvalue weighted by Gasteiger charge is -2.14. The summed E-state index contributed by atoms with van der Waals surface area (Å²) in [5.74, 6) is -0.820. The molecular formula is C16H17N3O4. The zero-order valence-corrected chi connectivity index (χ0v) is 12.4. The normalized spacial score (nSPS) is 17.3. The number of nitrogens with one attached hydrogen (secondary N) is 2. The standard InChI is InChI=1S/C16H17N3O4/c20-7-6-19-14(21)9-13(16(19)23)17-11-2-1-3-12(8-11)18-15(22)10-4-5-10/h1-3,8-10,17,20H,4-7H2,(H,18,22). The predicted octanol–water partition coefficient (Wildman–Crippen LogP) is 0.692. The number of nitrogens with zero attached hydrogens (tertiary/aromatic N) is 1. The van der Waals surface area contributed by atoms with Crippen LogP contribution in [-0.2, 0) is 14.4 Å². The van der Waals surface area contributed by atoms with Gasteiger partial charge in [0.05, 0.1) is 13.2 Å². The van der Waals surface area contributed by atoms with Crippen molar-refractivity contribution < 1.29 is 19.5 Å². The van der Waals surface area contributed by atoms with Gasteiger partial charge in [-0.2, -0.15) is 0 Å². The number of imide groups is 1. The molecule has 1 aliphatic carbocycles. The second-order valence-corrected chi connectivity index (χ2v) is 5.55. The first-order chi connectivity index (χ1) is 11.1. The van der Waals surface area contributed by atoms with E-state index in [9.17, 15) is 14.4 Å². The molecule has 23 heavy (non-hydrogen) atoms. The van der Waals surface area contributed by atoms with E-state index < -0.39 is 11.8 Å². The van der Waals surface area contributed by atoms with Gasteiger partial charge in [0.1, 0.15) is 5.70 Å². The van der Waals surface area contributed by atoms with Crippen LogP contribution in [0.15, 0.2) is 36.0 Å². The molecule has 1 heterocycles. The van der Waals surface area contributed by atoms with Crippen molar-refractivity contribution in [3.05, 3.63) is 36.0 Å². The van der Waals surface area contributed by atoms with Gasteiger partial charge in [0.25, 0.3) is 11.8 Å². The van der Waals surface area contributed by atoms with Crippen LogP contribution in [0.1, 0.15) is 12.8 Å². The highest BCUT2D eigenvalue weighted by Gasteiger charge is 2.31. The lowest BCUT2D eigenvalue weighted by Crippen LogP contribution is -2.34. The molecular weight excluding hydrogens is 298 g/mol.